The summed E-state index contributed by atoms with van der Waals surface area (Å²) in [6.07, 6.45) is 0. The largest absolute Gasteiger partial charge is 0.497 e. The summed E-state index contributed by atoms with van der Waals surface area (Å²) >= 11 is 1.57. The highest BCUT2D eigenvalue weighted by atomic mass is 32.2. The Labute approximate surface area is 179 Å². The van der Waals surface area contributed by atoms with E-state index in [1.54, 1.807) is 28.1 Å². The molecule has 0 saturated heterocycles. The second-order valence-corrected chi connectivity index (χ2v) is 7.95. The summed E-state index contributed by atoms with van der Waals surface area (Å²) in [6.45, 7) is 4.95. The number of ether oxygens (including phenoxy) is 1. The molecule has 0 radical (unpaired) electrons. The second-order valence-electron chi connectivity index (χ2n) is 7.01. The van der Waals surface area contributed by atoms with E-state index in [-0.39, 0.29) is 5.56 Å². The molecule has 4 rings (SSSR count). The summed E-state index contributed by atoms with van der Waals surface area (Å²) in [5, 5.41) is 5.21. The van der Waals surface area contributed by atoms with Crippen molar-refractivity contribution in [2.45, 2.75) is 37.8 Å². The first-order valence-corrected chi connectivity index (χ1v) is 10.9. The van der Waals surface area contributed by atoms with Crippen LogP contribution >= 0.6 is 11.8 Å². The van der Waals surface area contributed by atoms with E-state index in [0.29, 0.717) is 29.3 Å². The average Bonchev–Trinajstić information content (AvgIpc) is 3.11. The molecule has 154 valence electrons. The number of thioether (sulfide) groups is 1. The topological polar surface area (TPSA) is 61.9 Å². The third kappa shape index (κ3) is 3.98. The van der Waals surface area contributed by atoms with Crippen LogP contribution in [0.5, 0.6) is 5.75 Å². The fourth-order valence-corrected chi connectivity index (χ4v) is 4.35. The van der Waals surface area contributed by atoms with E-state index < -0.39 is 0 Å². The van der Waals surface area contributed by atoms with Crippen molar-refractivity contribution in [3.63, 3.8) is 0 Å². The molecule has 6 nitrogen and oxygen atoms in total. The van der Waals surface area contributed by atoms with Crippen molar-refractivity contribution in [3.8, 4) is 5.75 Å². The Kier molecular flexibility index (Phi) is 5.90. The van der Waals surface area contributed by atoms with Crippen LogP contribution in [0.3, 0.4) is 0 Å². The maximum absolute atomic E-state index is 13.5. The van der Waals surface area contributed by atoms with Gasteiger partial charge in [-0.15, -0.1) is 0 Å². The summed E-state index contributed by atoms with van der Waals surface area (Å²) in [5.74, 6) is 1.53. The quantitative estimate of drug-likeness (QED) is 0.330. The first kappa shape index (κ1) is 20.2. The van der Waals surface area contributed by atoms with E-state index in [9.17, 15) is 4.79 Å². The van der Waals surface area contributed by atoms with Crippen molar-refractivity contribution in [1.82, 2.24) is 19.3 Å². The van der Waals surface area contributed by atoms with Crippen LogP contribution in [0, 0.1) is 6.92 Å². The van der Waals surface area contributed by atoms with Gasteiger partial charge in [0.25, 0.3) is 5.56 Å². The Morgan fingerprint density at radius 3 is 2.43 bits per heavy atom. The third-order valence-electron chi connectivity index (χ3n) is 4.99. The van der Waals surface area contributed by atoms with Crippen molar-refractivity contribution in [2.75, 3.05) is 7.11 Å². The number of nitrogens with zero attached hydrogens (tertiary/aromatic N) is 4. The molecule has 0 N–H and O–H groups in total. The molecule has 0 aliphatic heterocycles. The highest BCUT2D eigenvalue weighted by Gasteiger charge is 2.18. The summed E-state index contributed by atoms with van der Waals surface area (Å²) in [6, 6.07) is 18.0. The third-order valence-corrected chi connectivity index (χ3v) is 6.04. The molecule has 2 aromatic carbocycles. The molecular weight excluding hydrogens is 396 g/mol. The van der Waals surface area contributed by atoms with Crippen LogP contribution in [0.2, 0.25) is 0 Å². The number of rotatable bonds is 7. The number of aromatic nitrogens is 4. The molecule has 4 aromatic rings. The minimum Gasteiger partial charge on any atom is -0.497 e. The van der Waals surface area contributed by atoms with Gasteiger partial charge in [-0.05, 0) is 37.1 Å². The lowest BCUT2D eigenvalue weighted by molar-refractivity contribution is 0.414. The molecule has 0 atom stereocenters. The smallest absolute Gasteiger partial charge is 0.280 e. The molecule has 0 unspecified atom stereocenters. The number of hydrogen-bond donors (Lipinski definition) is 0. The molecule has 0 aliphatic rings. The molecule has 0 aliphatic carbocycles. The lowest BCUT2D eigenvalue weighted by atomic mass is 10.2. The van der Waals surface area contributed by atoms with Gasteiger partial charge in [0.2, 0.25) is 0 Å². The van der Waals surface area contributed by atoms with E-state index in [1.165, 1.54) is 5.56 Å². The second kappa shape index (κ2) is 8.75. The zero-order valence-electron chi connectivity index (χ0n) is 17.3. The Hall–Kier alpha value is -3.06. The van der Waals surface area contributed by atoms with Crippen LogP contribution in [0.1, 0.15) is 23.7 Å². The predicted octanol–water partition coefficient (Wildman–Crippen LogP) is 4.27. The van der Waals surface area contributed by atoms with Gasteiger partial charge < -0.3 is 4.74 Å². The van der Waals surface area contributed by atoms with Crippen molar-refractivity contribution in [1.29, 1.82) is 0 Å². The zero-order valence-corrected chi connectivity index (χ0v) is 18.1. The van der Waals surface area contributed by atoms with E-state index in [1.807, 2.05) is 56.3 Å². The Balaban J connectivity index is 1.79. The molecule has 2 heterocycles. The Morgan fingerprint density at radius 2 is 1.77 bits per heavy atom. The van der Waals surface area contributed by atoms with Gasteiger partial charge in [-0.3, -0.25) is 14.0 Å². The molecule has 2 aromatic heterocycles. The van der Waals surface area contributed by atoms with Crippen molar-refractivity contribution < 1.29 is 4.74 Å². The van der Waals surface area contributed by atoms with Crippen LogP contribution in [-0.2, 0) is 18.8 Å². The van der Waals surface area contributed by atoms with Gasteiger partial charge >= 0.3 is 0 Å². The van der Waals surface area contributed by atoms with Gasteiger partial charge in [-0.25, -0.2) is 4.98 Å². The number of benzene rings is 2. The van der Waals surface area contributed by atoms with E-state index in [0.717, 1.165) is 22.8 Å². The van der Waals surface area contributed by atoms with Crippen molar-refractivity contribution >= 4 is 22.8 Å². The summed E-state index contributed by atoms with van der Waals surface area (Å²) in [5.41, 5.74) is 4.17. The minimum atomic E-state index is -0.0613. The first-order valence-electron chi connectivity index (χ1n) is 9.88. The molecule has 0 saturated carbocycles. The highest BCUT2D eigenvalue weighted by molar-refractivity contribution is 7.98. The highest BCUT2D eigenvalue weighted by Crippen LogP contribution is 2.24. The predicted molar refractivity (Wildman–Crippen MR) is 120 cm³/mol. The number of fused-ring (bicyclic) bond motifs is 1. The van der Waals surface area contributed by atoms with Crippen LogP contribution < -0.4 is 10.3 Å². The van der Waals surface area contributed by atoms with Gasteiger partial charge in [0.1, 0.15) is 11.3 Å². The zero-order chi connectivity index (χ0) is 21.1. The summed E-state index contributed by atoms with van der Waals surface area (Å²) in [4.78, 5) is 18.4. The molecule has 0 amide bonds. The Morgan fingerprint density at radius 1 is 1.03 bits per heavy atom. The lowest BCUT2D eigenvalue weighted by Gasteiger charge is -2.13. The fraction of sp³-hybridized carbons (Fsp3) is 0.261. The normalized spacial score (nSPS) is 11.2. The summed E-state index contributed by atoms with van der Waals surface area (Å²) < 4.78 is 8.75. The maximum atomic E-state index is 13.5. The maximum Gasteiger partial charge on any atom is 0.280 e. The SMILES string of the molecule is CCn1nc(C)c2nc(SCc3ccccc3)n(Cc3ccc(OC)cc3)c(=O)c21. The molecular formula is C23H24N4O2S. The number of hydrogen-bond acceptors (Lipinski definition) is 5. The van der Waals surface area contributed by atoms with Crippen LogP contribution in [0.25, 0.3) is 11.0 Å². The Bertz CT molecular complexity index is 1210. The van der Waals surface area contributed by atoms with Crippen molar-refractivity contribution in [3.05, 3.63) is 81.8 Å². The van der Waals surface area contributed by atoms with Crippen molar-refractivity contribution in [2.24, 2.45) is 0 Å². The first-order chi connectivity index (χ1) is 14.6. The average molecular weight is 421 g/mol. The minimum absolute atomic E-state index is 0.0613. The van der Waals surface area contributed by atoms with Gasteiger partial charge in [-0.1, -0.05) is 54.2 Å². The van der Waals surface area contributed by atoms with Gasteiger partial charge in [0, 0.05) is 12.3 Å². The molecule has 0 bridgehead atoms. The molecule has 7 heteroatoms. The van der Waals surface area contributed by atoms with E-state index >= 15 is 0 Å². The van der Waals surface area contributed by atoms with Gasteiger partial charge in [0.15, 0.2) is 10.7 Å². The fourth-order valence-electron chi connectivity index (χ4n) is 3.40. The van der Waals surface area contributed by atoms with E-state index in [4.69, 9.17) is 9.72 Å². The number of aryl methyl sites for hydroxylation is 2. The molecule has 0 spiro atoms. The monoisotopic (exact) mass is 420 g/mol. The van der Waals surface area contributed by atoms with Crippen LogP contribution in [0.15, 0.2) is 64.5 Å². The van der Waals surface area contributed by atoms with E-state index in [2.05, 4.69) is 17.2 Å². The summed E-state index contributed by atoms with van der Waals surface area (Å²) in [7, 11) is 1.64. The molecule has 0 fully saturated rings. The van der Waals surface area contributed by atoms with Gasteiger partial charge in [-0.2, -0.15) is 5.10 Å². The standard InChI is InChI=1S/C23H24N4O2S/c1-4-27-21-20(16(2)25-27)24-23(30-15-18-8-6-5-7-9-18)26(22(21)28)14-17-10-12-19(29-3)13-11-17/h5-13H,4,14-15H2,1-3H3. The van der Waals surface area contributed by atoms with Gasteiger partial charge in [0.05, 0.1) is 19.3 Å². The van der Waals surface area contributed by atoms with Crippen LogP contribution in [0.4, 0.5) is 0 Å². The molecule has 30 heavy (non-hydrogen) atoms. The van der Waals surface area contributed by atoms with Crippen LogP contribution in [-0.4, -0.2) is 26.4 Å². The number of methoxy groups -OCH3 is 1. The lowest BCUT2D eigenvalue weighted by Crippen LogP contribution is -2.25.